The van der Waals surface area contributed by atoms with Gasteiger partial charge in [-0.05, 0) is 31.9 Å². The molecule has 0 aliphatic rings. The first-order valence-corrected chi connectivity index (χ1v) is 7.20. The van der Waals surface area contributed by atoms with Gasteiger partial charge in [0.05, 0.1) is 5.41 Å². The smallest absolute Gasteiger partial charge is 0.311 e. The zero-order chi connectivity index (χ0) is 15.9. The van der Waals surface area contributed by atoms with Crippen LogP contribution < -0.4 is 10.6 Å². The van der Waals surface area contributed by atoms with Crippen LogP contribution in [0, 0.1) is 5.41 Å². The van der Waals surface area contributed by atoms with Crippen LogP contribution in [0.5, 0.6) is 0 Å². The third-order valence-electron chi connectivity index (χ3n) is 3.77. The second-order valence-corrected chi connectivity index (χ2v) is 4.94. The summed E-state index contributed by atoms with van der Waals surface area (Å²) >= 11 is 0. The molecule has 0 spiro atoms. The van der Waals surface area contributed by atoms with Crippen molar-refractivity contribution in [3.63, 3.8) is 0 Å². The fourth-order valence-electron chi connectivity index (χ4n) is 2.07. The van der Waals surface area contributed by atoms with Gasteiger partial charge in [-0.1, -0.05) is 13.8 Å². The fourth-order valence-corrected chi connectivity index (χ4v) is 2.07. The van der Waals surface area contributed by atoms with Gasteiger partial charge in [-0.3, -0.25) is 14.6 Å². The number of nitrogens with zero attached hydrogens (tertiary/aromatic N) is 1. The van der Waals surface area contributed by atoms with E-state index in [4.69, 9.17) is 0 Å². The van der Waals surface area contributed by atoms with Crippen molar-refractivity contribution in [2.75, 3.05) is 18.4 Å². The Balaban J connectivity index is 2.82. The number of carboxylic acids is 1. The maximum atomic E-state index is 11.7. The Morgan fingerprint density at radius 3 is 2.48 bits per heavy atom. The predicted octanol–water partition coefficient (Wildman–Crippen LogP) is 2.13. The molecule has 1 rings (SSSR count). The predicted molar refractivity (Wildman–Crippen MR) is 81.4 cm³/mol. The van der Waals surface area contributed by atoms with Gasteiger partial charge in [-0.2, -0.15) is 0 Å². The second-order valence-electron chi connectivity index (χ2n) is 4.94. The summed E-state index contributed by atoms with van der Waals surface area (Å²) in [5, 5.41) is 15.2. The highest BCUT2D eigenvalue weighted by molar-refractivity contribution is 5.93. The van der Waals surface area contributed by atoms with Gasteiger partial charge in [-0.15, -0.1) is 0 Å². The molecule has 1 amide bonds. The summed E-state index contributed by atoms with van der Waals surface area (Å²) < 4.78 is 0. The first-order chi connectivity index (χ1) is 9.99. The van der Waals surface area contributed by atoms with Gasteiger partial charge >= 0.3 is 5.97 Å². The van der Waals surface area contributed by atoms with E-state index >= 15 is 0 Å². The lowest BCUT2D eigenvalue weighted by molar-refractivity contribution is -0.148. The Morgan fingerprint density at radius 2 is 1.95 bits per heavy atom. The number of carboxylic acid groups (broad SMARTS) is 1. The minimum absolute atomic E-state index is 0.239. The lowest BCUT2D eigenvalue weighted by atomic mass is 9.82. The minimum atomic E-state index is -0.807. The molecule has 6 nitrogen and oxygen atoms in total. The summed E-state index contributed by atoms with van der Waals surface area (Å²) in [6.07, 6.45) is 2.62. The van der Waals surface area contributed by atoms with Crippen molar-refractivity contribution < 1.29 is 14.7 Å². The average Bonchev–Trinajstić information content (AvgIpc) is 2.49. The standard InChI is InChI=1S/C15H23N3O3/c1-4-15(5-2,14(20)21)10-18-11-7-8-17-12(9-11)13(19)16-6-3/h7-9H,4-6,10H2,1-3H3,(H,16,19)(H,17,18)(H,20,21). The zero-order valence-electron chi connectivity index (χ0n) is 12.8. The molecule has 3 N–H and O–H groups in total. The maximum Gasteiger partial charge on any atom is 0.311 e. The molecule has 1 aromatic heterocycles. The summed E-state index contributed by atoms with van der Waals surface area (Å²) in [7, 11) is 0. The van der Waals surface area contributed by atoms with Crippen molar-refractivity contribution >= 4 is 17.6 Å². The van der Waals surface area contributed by atoms with Crippen molar-refractivity contribution in [1.82, 2.24) is 10.3 Å². The van der Waals surface area contributed by atoms with E-state index in [1.807, 2.05) is 20.8 Å². The highest BCUT2D eigenvalue weighted by atomic mass is 16.4. The van der Waals surface area contributed by atoms with Crippen LogP contribution in [-0.4, -0.2) is 35.1 Å². The summed E-state index contributed by atoms with van der Waals surface area (Å²) in [5.41, 5.74) is 0.212. The van der Waals surface area contributed by atoms with E-state index in [2.05, 4.69) is 15.6 Å². The molecule has 0 radical (unpaired) electrons. The van der Waals surface area contributed by atoms with Gasteiger partial charge in [0, 0.05) is 25.0 Å². The highest BCUT2D eigenvalue weighted by Gasteiger charge is 2.34. The molecule has 116 valence electrons. The SMILES string of the molecule is CCNC(=O)c1cc(NCC(CC)(CC)C(=O)O)ccn1. The number of hydrogen-bond donors (Lipinski definition) is 3. The quantitative estimate of drug-likeness (QED) is 0.683. The van der Waals surface area contributed by atoms with Crippen molar-refractivity contribution in [3.8, 4) is 0 Å². The Hall–Kier alpha value is -2.11. The van der Waals surface area contributed by atoms with Crippen LogP contribution in [0.4, 0.5) is 5.69 Å². The van der Waals surface area contributed by atoms with Crippen LogP contribution in [0.25, 0.3) is 0 Å². The molecule has 0 aliphatic carbocycles. The van der Waals surface area contributed by atoms with Crippen molar-refractivity contribution in [1.29, 1.82) is 0 Å². The summed E-state index contributed by atoms with van der Waals surface area (Å²) in [6, 6.07) is 3.35. The number of rotatable bonds is 8. The molecule has 0 saturated carbocycles. The molecular weight excluding hydrogens is 270 g/mol. The number of anilines is 1. The van der Waals surface area contributed by atoms with Gasteiger partial charge < -0.3 is 15.7 Å². The Kier molecular flexibility index (Phi) is 6.14. The summed E-state index contributed by atoms with van der Waals surface area (Å²) in [4.78, 5) is 27.2. The molecule has 0 aromatic carbocycles. The molecule has 0 fully saturated rings. The van der Waals surface area contributed by atoms with Crippen molar-refractivity contribution in [2.45, 2.75) is 33.6 Å². The van der Waals surface area contributed by atoms with Gasteiger partial charge in [-0.25, -0.2) is 0 Å². The largest absolute Gasteiger partial charge is 0.481 e. The van der Waals surface area contributed by atoms with E-state index in [-0.39, 0.29) is 5.91 Å². The van der Waals surface area contributed by atoms with E-state index in [0.29, 0.717) is 37.3 Å². The van der Waals surface area contributed by atoms with Crippen LogP contribution in [0.2, 0.25) is 0 Å². The third-order valence-corrected chi connectivity index (χ3v) is 3.77. The van der Waals surface area contributed by atoms with Crippen LogP contribution in [-0.2, 0) is 4.79 Å². The van der Waals surface area contributed by atoms with E-state index < -0.39 is 11.4 Å². The average molecular weight is 293 g/mol. The fraction of sp³-hybridized carbons (Fsp3) is 0.533. The molecule has 0 unspecified atom stereocenters. The molecule has 0 aliphatic heterocycles. The van der Waals surface area contributed by atoms with Gasteiger partial charge in [0.15, 0.2) is 0 Å². The molecule has 1 heterocycles. The lowest BCUT2D eigenvalue weighted by Gasteiger charge is -2.27. The molecular formula is C15H23N3O3. The molecule has 6 heteroatoms. The van der Waals surface area contributed by atoms with Gasteiger partial charge in [0.2, 0.25) is 0 Å². The topological polar surface area (TPSA) is 91.3 Å². The van der Waals surface area contributed by atoms with Crippen LogP contribution in [0.1, 0.15) is 44.1 Å². The number of aromatic nitrogens is 1. The van der Waals surface area contributed by atoms with Crippen LogP contribution >= 0.6 is 0 Å². The van der Waals surface area contributed by atoms with Gasteiger partial charge in [0.25, 0.3) is 5.91 Å². The number of aliphatic carboxylic acids is 1. The minimum Gasteiger partial charge on any atom is -0.481 e. The lowest BCUT2D eigenvalue weighted by Crippen LogP contribution is -2.36. The number of carbonyl (C=O) groups excluding carboxylic acids is 1. The van der Waals surface area contributed by atoms with E-state index in [0.717, 1.165) is 0 Å². The number of nitrogens with one attached hydrogen (secondary N) is 2. The summed E-state index contributed by atoms with van der Waals surface area (Å²) in [6.45, 7) is 6.42. The van der Waals surface area contributed by atoms with E-state index in [9.17, 15) is 14.7 Å². The van der Waals surface area contributed by atoms with Crippen molar-refractivity contribution in [3.05, 3.63) is 24.0 Å². The molecule has 21 heavy (non-hydrogen) atoms. The zero-order valence-corrected chi connectivity index (χ0v) is 12.8. The Labute approximate surface area is 125 Å². The van der Waals surface area contributed by atoms with Gasteiger partial charge in [0.1, 0.15) is 5.69 Å². The first-order valence-electron chi connectivity index (χ1n) is 7.20. The maximum absolute atomic E-state index is 11.7. The van der Waals surface area contributed by atoms with Crippen LogP contribution in [0.3, 0.4) is 0 Å². The second kappa shape index (κ2) is 7.61. The van der Waals surface area contributed by atoms with Crippen molar-refractivity contribution in [2.24, 2.45) is 5.41 Å². The number of hydrogen-bond acceptors (Lipinski definition) is 4. The van der Waals surface area contributed by atoms with E-state index in [1.165, 1.54) is 6.20 Å². The van der Waals surface area contributed by atoms with E-state index in [1.54, 1.807) is 12.1 Å². The number of amides is 1. The molecule has 1 aromatic rings. The number of carbonyl (C=O) groups is 2. The molecule has 0 saturated heterocycles. The monoisotopic (exact) mass is 293 g/mol. The third kappa shape index (κ3) is 4.18. The Bertz CT molecular complexity index is 499. The molecule has 0 atom stereocenters. The Morgan fingerprint density at radius 1 is 1.29 bits per heavy atom. The summed E-state index contributed by atoms with van der Waals surface area (Å²) in [5.74, 6) is -1.05. The molecule has 0 bridgehead atoms. The first kappa shape index (κ1) is 16.9. The normalized spacial score (nSPS) is 11.0. The van der Waals surface area contributed by atoms with Crippen LogP contribution in [0.15, 0.2) is 18.3 Å². The highest BCUT2D eigenvalue weighted by Crippen LogP contribution is 2.27. The number of pyridine rings is 1.